The third kappa shape index (κ3) is 5.87. The molecule has 0 unspecified atom stereocenters. The predicted molar refractivity (Wildman–Crippen MR) is 107 cm³/mol. The molecule has 0 bridgehead atoms. The van der Waals surface area contributed by atoms with Crippen molar-refractivity contribution in [2.75, 3.05) is 18.4 Å². The summed E-state index contributed by atoms with van der Waals surface area (Å²) in [6.45, 7) is 2.12. The van der Waals surface area contributed by atoms with Crippen molar-refractivity contribution in [3.8, 4) is 0 Å². The monoisotopic (exact) mass is 415 g/mol. The number of amides is 1. The van der Waals surface area contributed by atoms with E-state index in [1.54, 1.807) is 12.4 Å². The molecule has 0 aliphatic carbocycles. The van der Waals surface area contributed by atoms with Crippen LogP contribution < -0.4 is 10.6 Å². The molecule has 1 fully saturated rings. The van der Waals surface area contributed by atoms with Gasteiger partial charge in [-0.1, -0.05) is 11.6 Å². The normalized spacial score (nSPS) is 14.7. The minimum atomic E-state index is 0. The lowest BCUT2D eigenvalue weighted by Crippen LogP contribution is -2.28. The highest BCUT2D eigenvalue weighted by atomic mass is 35.5. The summed E-state index contributed by atoms with van der Waals surface area (Å²) in [4.78, 5) is 13.0. The lowest BCUT2D eigenvalue weighted by molar-refractivity contribution is -0.116. The molecule has 142 valence electrons. The van der Waals surface area contributed by atoms with Crippen LogP contribution in [0, 0.1) is 5.92 Å². The SMILES string of the molecule is Cl.Cn1cnnc1Sc1ccc(NC(=O)CCC2CCNCC2)cc1Cl. The van der Waals surface area contributed by atoms with E-state index in [0.29, 0.717) is 17.4 Å². The van der Waals surface area contributed by atoms with Crippen LogP contribution in [-0.2, 0) is 11.8 Å². The average Bonchev–Trinajstić information content (AvgIpc) is 3.01. The third-order valence-electron chi connectivity index (χ3n) is 4.33. The first-order valence-electron chi connectivity index (χ1n) is 8.44. The highest BCUT2D eigenvalue weighted by Crippen LogP contribution is 2.33. The van der Waals surface area contributed by atoms with E-state index in [1.807, 2.05) is 23.7 Å². The lowest BCUT2D eigenvalue weighted by atomic mass is 9.93. The Balaban J connectivity index is 0.00000243. The van der Waals surface area contributed by atoms with Gasteiger partial charge in [-0.05, 0) is 68.2 Å². The minimum Gasteiger partial charge on any atom is -0.326 e. The molecule has 1 aliphatic rings. The molecule has 2 N–H and O–H groups in total. The maximum absolute atomic E-state index is 12.2. The predicted octanol–water partition coefficient (Wildman–Crippen LogP) is 3.76. The van der Waals surface area contributed by atoms with Gasteiger partial charge in [0.1, 0.15) is 6.33 Å². The fourth-order valence-electron chi connectivity index (χ4n) is 2.85. The maximum atomic E-state index is 12.2. The zero-order chi connectivity index (χ0) is 17.6. The molecule has 1 aliphatic heterocycles. The molecule has 0 spiro atoms. The van der Waals surface area contributed by atoms with Gasteiger partial charge in [-0.2, -0.15) is 0 Å². The molecule has 1 amide bonds. The molecule has 2 aromatic rings. The van der Waals surface area contributed by atoms with Gasteiger partial charge in [0, 0.05) is 24.1 Å². The lowest BCUT2D eigenvalue weighted by Gasteiger charge is -2.22. The van der Waals surface area contributed by atoms with E-state index in [0.717, 1.165) is 48.1 Å². The Morgan fingerprint density at radius 2 is 2.19 bits per heavy atom. The topological polar surface area (TPSA) is 71.8 Å². The first-order chi connectivity index (χ1) is 12.1. The van der Waals surface area contributed by atoms with Crippen LogP contribution in [0.4, 0.5) is 5.69 Å². The molecule has 1 aromatic carbocycles. The molecule has 0 atom stereocenters. The number of rotatable bonds is 6. The van der Waals surface area contributed by atoms with Crippen molar-refractivity contribution < 1.29 is 4.79 Å². The van der Waals surface area contributed by atoms with E-state index in [2.05, 4.69) is 20.8 Å². The van der Waals surface area contributed by atoms with Crippen LogP contribution in [0.2, 0.25) is 5.02 Å². The van der Waals surface area contributed by atoms with Gasteiger partial charge >= 0.3 is 0 Å². The Morgan fingerprint density at radius 3 is 2.85 bits per heavy atom. The molecule has 1 saturated heterocycles. The molecule has 2 heterocycles. The largest absolute Gasteiger partial charge is 0.326 e. The second kappa shape index (κ2) is 10.2. The molecule has 6 nitrogen and oxygen atoms in total. The summed E-state index contributed by atoms with van der Waals surface area (Å²) in [5.41, 5.74) is 0.725. The number of carbonyl (C=O) groups is 1. The van der Waals surface area contributed by atoms with Gasteiger partial charge in [0.2, 0.25) is 5.91 Å². The summed E-state index contributed by atoms with van der Waals surface area (Å²) in [6, 6.07) is 5.54. The summed E-state index contributed by atoms with van der Waals surface area (Å²) < 4.78 is 1.83. The first-order valence-corrected chi connectivity index (χ1v) is 9.63. The van der Waals surface area contributed by atoms with Crippen LogP contribution in [0.25, 0.3) is 0 Å². The van der Waals surface area contributed by atoms with Crippen molar-refractivity contribution in [2.24, 2.45) is 13.0 Å². The molecular weight excluding hydrogens is 393 g/mol. The zero-order valence-electron chi connectivity index (χ0n) is 14.6. The quantitative estimate of drug-likeness (QED) is 0.751. The fourth-order valence-corrected chi connectivity index (χ4v) is 3.92. The van der Waals surface area contributed by atoms with E-state index in [1.165, 1.54) is 11.8 Å². The van der Waals surface area contributed by atoms with Crippen LogP contribution in [0.1, 0.15) is 25.7 Å². The standard InChI is InChI=1S/C17H22ClN5OS.ClH/c1-23-11-20-22-17(23)25-15-4-3-13(10-14(15)18)21-16(24)5-2-12-6-8-19-9-7-12;/h3-4,10-12,19H,2,5-9H2,1H3,(H,21,24);1H. The molecular formula is C17H23Cl2N5OS. The molecule has 0 saturated carbocycles. The van der Waals surface area contributed by atoms with Crippen molar-refractivity contribution in [2.45, 2.75) is 35.7 Å². The Kier molecular flexibility index (Phi) is 8.21. The molecule has 3 rings (SSSR count). The van der Waals surface area contributed by atoms with Crippen molar-refractivity contribution in [1.82, 2.24) is 20.1 Å². The van der Waals surface area contributed by atoms with E-state index in [9.17, 15) is 4.79 Å². The van der Waals surface area contributed by atoms with Gasteiger partial charge in [-0.3, -0.25) is 4.79 Å². The van der Waals surface area contributed by atoms with Gasteiger partial charge in [-0.25, -0.2) is 0 Å². The van der Waals surface area contributed by atoms with Gasteiger partial charge in [0.15, 0.2) is 5.16 Å². The highest BCUT2D eigenvalue weighted by molar-refractivity contribution is 7.99. The number of aryl methyl sites for hydroxylation is 1. The van der Waals surface area contributed by atoms with Crippen molar-refractivity contribution in [3.63, 3.8) is 0 Å². The summed E-state index contributed by atoms with van der Waals surface area (Å²) >= 11 is 7.79. The van der Waals surface area contributed by atoms with Gasteiger partial charge in [0.25, 0.3) is 0 Å². The fraction of sp³-hybridized carbons (Fsp3) is 0.471. The number of aromatic nitrogens is 3. The number of halogens is 2. The van der Waals surface area contributed by atoms with E-state index < -0.39 is 0 Å². The molecule has 0 radical (unpaired) electrons. The van der Waals surface area contributed by atoms with Crippen LogP contribution in [-0.4, -0.2) is 33.8 Å². The van der Waals surface area contributed by atoms with Gasteiger partial charge in [0.05, 0.1) is 5.02 Å². The number of nitrogens with zero attached hydrogens (tertiary/aromatic N) is 3. The van der Waals surface area contributed by atoms with Gasteiger partial charge < -0.3 is 15.2 Å². The summed E-state index contributed by atoms with van der Waals surface area (Å²) in [7, 11) is 1.88. The van der Waals surface area contributed by atoms with Crippen LogP contribution in [0.3, 0.4) is 0 Å². The van der Waals surface area contributed by atoms with Gasteiger partial charge in [-0.15, -0.1) is 22.6 Å². The Labute approximate surface area is 168 Å². The van der Waals surface area contributed by atoms with Crippen LogP contribution >= 0.6 is 35.8 Å². The van der Waals surface area contributed by atoms with Crippen molar-refractivity contribution in [3.05, 3.63) is 29.5 Å². The van der Waals surface area contributed by atoms with Crippen molar-refractivity contribution in [1.29, 1.82) is 0 Å². The number of hydrogen-bond donors (Lipinski definition) is 2. The van der Waals surface area contributed by atoms with Crippen LogP contribution in [0.15, 0.2) is 34.6 Å². The number of carbonyl (C=O) groups excluding carboxylic acids is 1. The Bertz CT molecular complexity index is 734. The Morgan fingerprint density at radius 1 is 1.42 bits per heavy atom. The average molecular weight is 416 g/mol. The maximum Gasteiger partial charge on any atom is 0.224 e. The van der Waals surface area contributed by atoms with E-state index in [-0.39, 0.29) is 18.3 Å². The first kappa shape index (κ1) is 21.0. The van der Waals surface area contributed by atoms with E-state index in [4.69, 9.17) is 11.6 Å². The number of benzene rings is 1. The van der Waals surface area contributed by atoms with Crippen molar-refractivity contribution >= 4 is 47.4 Å². The number of anilines is 1. The molecule has 26 heavy (non-hydrogen) atoms. The number of hydrogen-bond acceptors (Lipinski definition) is 5. The molecule has 1 aromatic heterocycles. The number of nitrogens with one attached hydrogen (secondary N) is 2. The number of piperidine rings is 1. The minimum absolute atomic E-state index is 0. The Hall–Kier alpha value is -1.28. The smallest absolute Gasteiger partial charge is 0.224 e. The van der Waals surface area contributed by atoms with Crippen LogP contribution in [0.5, 0.6) is 0 Å². The summed E-state index contributed by atoms with van der Waals surface area (Å²) in [6.07, 6.45) is 5.46. The second-order valence-electron chi connectivity index (χ2n) is 6.25. The highest BCUT2D eigenvalue weighted by Gasteiger charge is 2.15. The second-order valence-corrected chi connectivity index (χ2v) is 7.67. The third-order valence-corrected chi connectivity index (χ3v) is 5.88. The zero-order valence-corrected chi connectivity index (χ0v) is 17.0. The summed E-state index contributed by atoms with van der Waals surface area (Å²) in [5.74, 6) is 0.698. The molecule has 9 heteroatoms. The summed E-state index contributed by atoms with van der Waals surface area (Å²) in [5, 5.41) is 15.5. The van der Waals surface area contributed by atoms with E-state index >= 15 is 0 Å².